The van der Waals surface area contributed by atoms with Gasteiger partial charge in [-0.15, -0.1) is 5.10 Å². The van der Waals surface area contributed by atoms with Gasteiger partial charge in [-0.3, -0.25) is 0 Å². The zero-order valence-electron chi connectivity index (χ0n) is 24.9. The molecule has 0 aliphatic carbocycles. The summed E-state index contributed by atoms with van der Waals surface area (Å²) in [6.45, 7) is 3.37. The first-order valence-electron chi connectivity index (χ1n) is 14.2. The van der Waals surface area contributed by atoms with Gasteiger partial charge in [0, 0.05) is 24.5 Å². The summed E-state index contributed by atoms with van der Waals surface area (Å²) in [6, 6.07) is 19.6. The van der Waals surface area contributed by atoms with Gasteiger partial charge in [-0.1, -0.05) is 40.6 Å². The number of fused-ring (bicyclic) bond motifs is 2. The van der Waals surface area contributed by atoms with Crippen molar-refractivity contribution in [2.24, 2.45) is 0 Å². The lowest BCUT2D eigenvalue weighted by atomic mass is 10.2. The van der Waals surface area contributed by atoms with Crippen molar-refractivity contribution in [3.05, 3.63) is 106 Å². The molecule has 0 amide bonds. The number of methoxy groups -OCH3 is 1. The van der Waals surface area contributed by atoms with Crippen molar-refractivity contribution >= 4 is 31.0 Å². The highest BCUT2D eigenvalue weighted by atomic mass is 32.2. The van der Waals surface area contributed by atoms with Gasteiger partial charge in [0.15, 0.2) is 5.69 Å². The standard InChI is InChI=1S/C31H31N5O7S2/c1-21-5-11-25(12-6-21)44(38,39)34-15-4-16-35(45(40,41)26-13-7-22(2)8-14-26)20-29-27(19-34)32-33-36(29)28-17-23-9-10-24(42-3)18-30(23)43-31(28)37/h5-14,17-18H,4,15-16,19-20H2,1-3H3. The molecule has 0 bridgehead atoms. The molecule has 234 valence electrons. The molecular weight excluding hydrogens is 619 g/mol. The maximum absolute atomic E-state index is 13.9. The van der Waals surface area contributed by atoms with Gasteiger partial charge in [-0.2, -0.15) is 8.61 Å². The summed E-state index contributed by atoms with van der Waals surface area (Å²) in [5.41, 5.74) is 1.83. The molecule has 1 aliphatic rings. The number of nitrogens with zero attached hydrogens (tertiary/aromatic N) is 5. The summed E-state index contributed by atoms with van der Waals surface area (Å²) < 4.78 is 70.1. The third-order valence-corrected chi connectivity index (χ3v) is 11.5. The molecule has 14 heteroatoms. The van der Waals surface area contributed by atoms with Gasteiger partial charge in [-0.25, -0.2) is 26.3 Å². The van der Waals surface area contributed by atoms with Crippen LogP contribution in [0.2, 0.25) is 0 Å². The smallest absolute Gasteiger partial charge is 0.362 e. The summed E-state index contributed by atoms with van der Waals surface area (Å²) in [5.74, 6) is 0.507. The van der Waals surface area contributed by atoms with Crippen LogP contribution in [0.4, 0.5) is 0 Å². The molecule has 3 aromatic carbocycles. The van der Waals surface area contributed by atoms with E-state index in [-0.39, 0.29) is 59.5 Å². The van der Waals surface area contributed by atoms with Crippen molar-refractivity contribution in [2.75, 3.05) is 20.2 Å². The second-order valence-electron chi connectivity index (χ2n) is 10.9. The number of hydrogen-bond donors (Lipinski definition) is 0. The first-order valence-corrected chi connectivity index (χ1v) is 17.0. The van der Waals surface area contributed by atoms with E-state index in [0.717, 1.165) is 11.1 Å². The highest BCUT2D eigenvalue weighted by Gasteiger charge is 2.33. The molecule has 5 aromatic rings. The molecule has 0 radical (unpaired) electrons. The van der Waals surface area contributed by atoms with Crippen LogP contribution in [0, 0.1) is 13.8 Å². The Morgan fingerprint density at radius 3 is 1.93 bits per heavy atom. The molecule has 6 rings (SSSR count). The topological polar surface area (TPSA) is 145 Å². The Kier molecular flexibility index (Phi) is 8.07. The highest BCUT2D eigenvalue weighted by Crippen LogP contribution is 2.28. The van der Waals surface area contributed by atoms with Crippen LogP contribution in [0.15, 0.2) is 91.8 Å². The Labute approximate surface area is 260 Å². The zero-order chi connectivity index (χ0) is 31.9. The maximum Gasteiger partial charge on any atom is 0.362 e. The summed E-state index contributed by atoms with van der Waals surface area (Å²) in [5, 5.41) is 9.08. The summed E-state index contributed by atoms with van der Waals surface area (Å²) >= 11 is 0. The molecule has 3 heterocycles. The van der Waals surface area contributed by atoms with Crippen LogP contribution in [0.3, 0.4) is 0 Å². The Balaban J connectivity index is 1.48. The molecule has 2 aromatic heterocycles. The van der Waals surface area contributed by atoms with Crippen LogP contribution >= 0.6 is 0 Å². The normalized spacial score (nSPS) is 15.3. The monoisotopic (exact) mass is 649 g/mol. The third kappa shape index (κ3) is 5.89. The van der Waals surface area contributed by atoms with Crippen molar-refractivity contribution in [1.29, 1.82) is 0 Å². The molecule has 0 fully saturated rings. The van der Waals surface area contributed by atoms with Crippen molar-refractivity contribution in [3.8, 4) is 11.4 Å². The quantitative estimate of drug-likeness (QED) is 0.251. The largest absolute Gasteiger partial charge is 0.497 e. The van der Waals surface area contributed by atoms with Gasteiger partial charge >= 0.3 is 5.63 Å². The average Bonchev–Trinajstić information content (AvgIpc) is 3.44. The van der Waals surface area contributed by atoms with E-state index < -0.39 is 25.7 Å². The number of rotatable bonds is 6. The van der Waals surface area contributed by atoms with E-state index in [4.69, 9.17) is 9.15 Å². The number of hydrogen-bond acceptors (Lipinski definition) is 9. The van der Waals surface area contributed by atoms with Crippen molar-refractivity contribution < 1.29 is 26.0 Å². The van der Waals surface area contributed by atoms with E-state index in [2.05, 4.69) is 10.3 Å². The SMILES string of the molecule is COc1ccc2cc(-n3nnc4c3CN(S(=O)(=O)c3ccc(C)cc3)CCCN(S(=O)(=O)c3ccc(C)cc3)C4)c(=O)oc2c1. The second kappa shape index (κ2) is 11.9. The van der Waals surface area contributed by atoms with E-state index in [0.29, 0.717) is 16.7 Å². The molecule has 0 spiro atoms. The molecule has 1 aliphatic heterocycles. The van der Waals surface area contributed by atoms with Crippen LogP contribution in [-0.4, -0.2) is 60.6 Å². The molecular formula is C31H31N5O7S2. The Bertz CT molecular complexity index is 2160. The lowest BCUT2D eigenvalue weighted by molar-refractivity contribution is 0.361. The lowest BCUT2D eigenvalue weighted by Crippen LogP contribution is -2.34. The van der Waals surface area contributed by atoms with Crippen LogP contribution in [0.5, 0.6) is 5.75 Å². The molecule has 0 saturated carbocycles. The maximum atomic E-state index is 13.9. The Morgan fingerprint density at radius 2 is 1.36 bits per heavy atom. The predicted octanol–water partition coefficient (Wildman–Crippen LogP) is 3.78. The first-order chi connectivity index (χ1) is 21.5. The second-order valence-corrected chi connectivity index (χ2v) is 14.8. The molecule has 0 saturated heterocycles. The van der Waals surface area contributed by atoms with E-state index in [1.54, 1.807) is 60.7 Å². The Hall–Kier alpha value is -4.37. The molecule has 45 heavy (non-hydrogen) atoms. The van der Waals surface area contributed by atoms with Crippen LogP contribution < -0.4 is 10.4 Å². The summed E-state index contributed by atoms with van der Waals surface area (Å²) in [6.07, 6.45) is 0.216. The molecule has 12 nitrogen and oxygen atoms in total. The zero-order valence-corrected chi connectivity index (χ0v) is 26.5. The summed E-state index contributed by atoms with van der Waals surface area (Å²) in [7, 11) is -6.52. The van der Waals surface area contributed by atoms with E-state index >= 15 is 0 Å². The Morgan fingerprint density at radius 1 is 0.778 bits per heavy atom. The minimum atomic E-state index is -4.04. The van der Waals surface area contributed by atoms with Crippen LogP contribution in [0.1, 0.15) is 28.9 Å². The fourth-order valence-corrected chi connectivity index (χ4v) is 8.09. The van der Waals surface area contributed by atoms with Crippen molar-refractivity contribution in [3.63, 3.8) is 0 Å². The van der Waals surface area contributed by atoms with E-state index in [9.17, 15) is 21.6 Å². The van der Waals surface area contributed by atoms with Crippen molar-refractivity contribution in [1.82, 2.24) is 23.6 Å². The van der Waals surface area contributed by atoms with Gasteiger partial charge in [-0.05, 0) is 62.7 Å². The van der Waals surface area contributed by atoms with Gasteiger partial charge in [0.05, 0.1) is 35.7 Å². The number of aryl methyl sites for hydroxylation is 2. The molecule has 0 unspecified atom stereocenters. The fourth-order valence-electron chi connectivity index (χ4n) is 5.21. The number of aromatic nitrogens is 3. The van der Waals surface area contributed by atoms with Gasteiger partial charge in [0.25, 0.3) is 0 Å². The van der Waals surface area contributed by atoms with Crippen molar-refractivity contribution in [2.45, 2.75) is 43.1 Å². The number of sulfonamides is 2. The highest BCUT2D eigenvalue weighted by molar-refractivity contribution is 7.89. The fraction of sp³-hybridized carbons (Fsp3) is 0.258. The first kappa shape index (κ1) is 30.6. The molecule has 0 N–H and O–H groups in total. The predicted molar refractivity (Wildman–Crippen MR) is 166 cm³/mol. The van der Waals surface area contributed by atoms with Gasteiger partial charge in [0.2, 0.25) is 20.0 Å². The lowest BCUT2D eigenvalue weighted by Gasteiger charge is -2.23. The minimum Gasteiger partial charge on any atom is -0.497 e. The number of benzene rings is 3. The minimum absolute atomic E-state index is 0.00119. The van der Waals surface area contributed by atoms with Gasteiger partial charge in [0.1, 0.15) is 17.0 Å². The summed E-state index contributed by atoms with van der Waals surface area (Å²) in [4.78, 5) is 13.5. The number of ether oxygens (including phenoxy) is 1. The molecule has 0 atom stereocenters. The van der Waals surface area contributed by atoms with E-state index in [1.165, 1.54) is 32.5 Å². The van der Waals surface area contributed by atoms with Crippen LogP contribution in [-0.2, 0) is 33.1 Å². The van der Waals surface area contributed by atoms with E-state index in [1.807, 2.05) is 13.8 Å². The third-order valence-electron chi connectivity index (χ3n) is 7.78. The van der Waals surface area contributed by atoms with Gasteiger partial charge < -0.3 is 9.15 Å². The van der Waals surface area contributed by atoms with Crippen LogP contribution in [0.25, 0.3) is 16.7 Å². The average molecular weight is 650 g/mol.